The van der Waals surface area contributed by atoms with E-state index in [1.54, 1.807) is 24.3 Å². The molecule has 170 valence electrons. The molecule has 0 radical (unpaired) electrons. The van der Waals surface area contributed by atoms with Crippen molar-refractivity contribution in [3.05, 3.63) is 64.7 Å². The van der Waals surface area contributed by atoms with Gasteiger partial charge in [-0.1, -0.05) is 51.0 Å². The van der Waals surface area contributed by atoms with Gasteiger partial charge < -0.3 is 10.6 Å². The fourth-order valence-electron chi connectivity index (χ4n) is 4.66. The summed E-state index contributed by atoms with van der Waals surface area (Å²) in [6, 6.07) is 10.5. The average Bonchev–Trinajstić information content (AvgIpc) is 3.02. The molecule has 0 atom stereocenters. The normalized spacial score (nSPS) is 16.4. The summed E-state index contributed by atoms with van der Waals surface area (Å²) in [5.74, 6) is -1.51. The lowest BCUT2D eigenvalue weighted by atomic mass is 9.84. The van der Waals surface area contributed by atoms with E-state index < -0.39 is 29.9 Å². The predicted molar refractivity (Wildman–Crippen MR) is 121 cm³/mol. The van der Waals surface area contributed by atoms with Crippen molar-refractivity contribution in [2.45, 2.75) is 45.1 Å². The number of benzene rings is 2. The molecule has 0 saturated carbocycles. The number of hydrogen-bond acceptors (Lipinski definition) is 5. The number of hydrogen-bond donors (Lipinski definition) is 2. The lowest BCUT2D eigenvalue weighted by molar-refractivity contribution is -0.134. The van der Waals surface area contributed by atoms with E-state index in [4.69, 9.17) is 0 Å². The zero-order chi connectivity index (χ0) is 23.8. The summed E-state index contributed by atoms with van der Waals surface area (Å²) in [6.07, 6.45) is 2.45. The zero-order valence-corrected chi connectivity index (χ0v) is 18.6. The van der Waals surface area contributed by atoms with E-state index in [1.165, 1.54) is 18.2 Å². The summed E-state index contributed by atoms with van der Waals surface area (Å²) in [7, 11) is 0. The van der Waals surface area contributed by atoms with Crippen molar-refractivity contribution < 1.29 is 24.0 Å². The lowest BCUT2D eigenvalue weighted by Gasteiger charge is -2.25. The first-order valence-electron chi connectivity index (χ1n) is 11.1. The Morgan fingerprint density at radius 3 is 2.06 bits per heavy atom. The second-order valence-corrected chi connectivity index (χ2v) is 8.42. The smallest absolute Gasteiger partial charge is 0.325 e. The maximum absolute atomic E-state index is 13.0. The minimum absolute atomic E-state index is 0.205. The van der Waals surface area contributed by atoms with Crippen molar-refractivity contribution in [1.82, 2.24) is 10.2 Å². The highest BCUT2D eigenvalue weighted by molar-refractivity contribution is 6.28. The number of imide groups is 1. The molecule has 1 aliphatic heterocycles. The van der Waals surface area contributed by atoms with Gasteiger partial charge in [0.05, 0.1) is 0 Å². The molecule has 8 heteroatoms. The van der Waals surface area contributed by atoms with Gasteiger partial charge in [0.15, 0.2) is 11.6 Å². The van der Waals surface area contributed by atoms with Gasteiger partial charge in [-0.15, -0.1) is 0 Å². The molecule has 2 aliphatic rings. The highest BCUT2D eigenvalue weighted by Crippen LogP contribution is 2.30. The second kappa shape index (κ2) is 8.61. The van der Waals surface area contributed by atoms with Gasteiger partial charge in [-0.3, -0.25) is 24.1 Å². The van der Waals surface area contributed by atoms with Crippen LogP contribution in [0.1, 0.15) is 71.4 Å². The van der Waals surface area contributed by atoms with Gasteiger partial charge in [0.1, 0.15) is 12.1 Å². The van der Waals surface area contributed by atoms with Gasteiger partial charge in [0, 0.05) is 27.9 Å². The van der Waals surface area contributed by atoms with Crippen LogP contribution in [-0.2, 0) is 9.59 Å². The Bertz CT molecular complexity index is 1180. The van der Waals surface area contributed by atoms with Gasteiger partial charge in [-0.05, 0) is 31.0 Å². The van der Waals surface area contributed by atoms with E-state index in [1.807, 2.05) is 13.8 Å². The summed E-state index contributed by atoms with van der Waals surface area (Å²) in [5.41, 5.74) is 0.493. The molecule has 33 heavy (non-hydrogen) atoms. The first kappa shape index (κ1) is 22.4. The highest BCUT2D eigenvalue weighted by atomic mass is 16.2. The van der Waals surface area contributed by atoms with Gasteiger partial charge >= 0.3 is 6.03 Å². The van der Waals surface area contributed by atoms with Crippen LogP contribution in [0.15, 0.2) is 42.5 Å². The Hall–Kier alpha value is -3.81. The highest BCUT2D eigenvalue weighted by Gasteiger charge is 2.50. The summed E-state index contributed by atoms with van der Waals surface area (Å²) in [6.45, 7) is 3.44. The molecule has 8 nitrogen and oxygen atoms in total. The van der Waals surface area contributed by atoms with Crippen molar-refractivity contribution in [3.8, 4) is 0 Å². The van der Waals surface area contributed by atoms with E-state index in [9.17, 15) is 24.0 Å². The van der Waals surface area contributed by atoms with E-state index in [0.29, 0.717) is 29.7 Å². The van der Waals surface area contributed by atoms with Crippen molar-refractivity contribution >= 4 is 35.1 Å². The summed E-state index contributed by atoms with van der Waals surface area (Å²) in [4.78, 5) is 64.6. The third kappa shape index (κ3) is 3.82. The van der Waals surface area contributed by atoms with Crippen molar-refractivity contribution in [2.24, 2.45) is 0 Å². The number of ketones is 2. The fraction of sp³-hybridized carbons (Fsp3) is 0.320. The van der Waals surface area contributed by atoms with Crippen LogP contribution in [0, 0.1) is 0 Å². The third-order valence-corrected chi connectivity index (χ3v) is 6.11. The maximum atomic E-state index is 13.0. The molecule has 2 N–H and O–H groups in total. The number of carbonyl (C=O) groups excluding carboxylic acids is 5. The molecule has 2 aromatic rings. The van der Waals surface area contributed by atoms with E-state index >= 15 is 0 Å². The zero-order valence-electron chi connectivity index (χ0n) is 18.6. The molecular formula is C25H25N3O5. The maximum Gasteiger partial charge on any atom is 0.325 e. The van der Waals surface area contributed by atoms with Gasteiger partial charge in [0.25, 0.3) is 5.91 Å². The molecule has 1 aliphatic carbocycles. The molecule has 4 rings (SSSR count). The first-order valence-corrected chi connectivity index (χ1v) is 11.1. The largest absolute Gasteiger partial charge is 0.325 e. The number of urea groups is 1. The predicted octanol–water partition coefficient (Wildman–Crippen LogP) is 3.29. The van der Waals surface area contributed by atoms with E-state index in [2.05, 4.69) is 10.6 Å². The quantitative estimate of drug-likeness (QED) is 0.540. The molecule has 0 bridgehead atoms. The average molecular weight is 447 g/mol. The number of carbonyl (C=O) groups is 5. The van der Waals surface area contributed by atoms with Crippen LogP contribution >= 0.6 is 0 Å². The Labute approximate surface area is 191 Å². The standard InChI is InChI=1S/C25H25N3O5/c1-3-11-25(12-4-2)23(32)28(24(33)27-25)14-20(29)26-15-9-10-18-19(13-15)22(31)17-8-6-5-7-16(17)21(18)30/h5-10,13H,3-4,11-12,14H2,1-2H3,(H,26,29)(H,27,33). The van der Waals surface area contributed by atoms with Crippen LogP contribution in [-0.4, -0.2) is 46.4 Å². The number of fused-ring (bicyclic) bond motifs is 2. The third-order valence-electron chi connectivity index (χ3n) is 6.11. The molecule has 1 heterocycles. The van der Waals surface area contributed by atoms with Crippen molar-refractivity contribution in [2.75, 3.05) is 11.9 Å². The van der Waals surface area contributed by atoms with Crippen LogP contribution < -0.4 is 10.6 Å². The van der Waals surface area contributed by atoms with E-state index in [0.717, 1.165) is 17.7 Å². The molecular weight excluding hydrogens is 422 g/mol. The molecule has 2 aromatic carbocycles. The molecule has 4 amide bonds. The SMILES string of the molecule is CCCC1(CCC)NC(=O)N(CC(=O)Nc2ccc3c(c2)C(=O)c2ccccc2C3=O)C1=O. The lowest BCUT2D eigenvalue weighted by Crippen LogP contribution is -2.47. The van der Waals surface area contributed by atoms with Crippen LogP contribution in [0.3, 0.4) is 0 Å². The minimum atomic E-state index is -0.965. The molecule has 0 unspecified atom stereocenters. The fourth-order valence-corrected chi connectivity index (χ4v) is 4.66. The molecule has 0 spiro atoms. The Morgan fingerprint density at radius 1 is 0.879 bits per heavy atom. The van der Waals surface area contributed by atoms with Gasteiger partial charge in [-0.2, -0.15) is 0 Å². The van der Waals surface area contributed by atoms with Crippen LogP contribution in [0.4, 0.5) is 10.5 Å². The number of nitrogens with one attached hydrogen (secondary N) is 2. The molecule has 0 aromatic heterocycles. The topological polar surface area (TPSA) is 113 Å². The molecule has 1 fully saturated rings. The monoisotopic (exact) mass is 447 g/mol. The summed E-state index contributed by atoms with van der Waals surface area (Å²) in [5, 5.41) is 5.41. The van der Waals surface area contributed by atoms with Crippen molar-refractivity contribution in [3.63, 3.8) is 0 Å². The number of rotatable bonds is 7. The van der Waals surface area contributed by atoms with Gasteiger partial charge in [0.2, 0.25) is 5.91 Å². The van der Waals surface area contributed by atoms with Crippen LogP contribution in [0.5, 0.6) is 0 Å². The first-order chi connectivity index (χ1) is 15.8. The Kier molecular flexibility index (Phi) is 5.84. The van der Waals surface area contributed by atoms with E-state index in [-0.39, 0.29) is 22.7 Å². The Morgan fingerprint density at radius 2 is 1.45 bits per heavy atom. The number of anilines is 1. The Balaban J connectivity index is 1.51. The van der Waals surface area contributed by atoms with Crippen LogP contribution in [0.25, 0.3) is 0 Å². The van der Waals surface area contributed by atoms with Crippen LogP contribution in [0.2, 0.25) is 0 Å². The second-order valence-electron chi connectivity index (χ2n) is 8.42. The summed E-state index contributed by atoms with van der Waals surface area (Å²) >= 11 is 0. The number of nitrogens with zero attached hydrogens (tertiary/aromatic N) is 1. The van der Waals surface area contributed by atoms with Crippen molar-refractivity contribution in [1.29, 1.82) is 0 Å². The summed E-state index contributed by atoms with van der Waals surface area (Å²) < 4.78 is 0. The number of amides is 4. The molecule has 1 saturated heterocycles. The van der Waals surface area contributed by atoms with Gasteiger partial charge in [-0.25, -0.2) is 4.79 Å². The minimum Gasteiger partial charge on any atom is -0.325 e.